The van der Waals surface area contributed by atoms with Crippen molar-refractivity contribution in [1.82, 2.24) is 4.90 Å². The minimum absolute atomic E-state index is 0.152. The number of Topliss-reactive ketones (excluding diaryl/α,β-unsaturated/α-hetero) is 1. The van der Waals surface area contributed by atoms with E-state index >= 15 is 0 Å². The molecule has 0 spiro atoms. The van der Waals surface area contributed by atoms with Gasteiger partial charge in [0.2, 0.25) is 5.78 Å². The van der Waals surface area contributed by atoms with Gasteiger partial charge in [0, 0.05) is 5.57 Å². The summed E-state index contributed by atoms with van der Waals surface area (Å²) in [5.41, 5.74) is -0.00972. The van der Waals surface area contributed by atoms with Crippen molar-refractivity contribution in [2.24, 2.45) is 0 Å². The van der Waals surface area contributed by atoms with Gasteiger partial charge < -0.3 is 19.3 Å². The number of furan rings is 1. The van der Waals surface area contributed by atoms with E-state index in [2.05, 4.69) is 0 Å². The number of likely N-dealkylation sites (N-methyl/N-ethyl adjacent to an activating group) is 1. The molecule has 1 aliphatic rings. The van der Waals surface area contributed by atoms with Crippen LogP contribution in [-0.4, -0.2) is 43.8 Å². The Morgan fingerprint density at radius 1 is 1.23 bits per heavy atom. The smallest absolute Gasteiger partial charge is 0.295 e. The van der Waals surface area contributed by atoms with E-state index in [0.717, 1.165) is 17.0 Å². The molecule has 1 aromatic carbocycles. The number of likely N-dealkylation sites (tertiary alicyclic amines) is 1. The highest BCUT2D eigenvalue weighted by Gasteiger charge is 2.45. The van der Waals surface area contributed by atoms with Crippen LogP contribution < -0.4 is 10.0 Å². The number of rotatable bonds is 5. The van der Waals surface area contributed by atoms with Gasteiger partial charge in [-0.05, 0) is 29.8 Å². The first-order chi connectivity index (χ1) is 12.4. The van der Waals surface area contributed by atoms with Gasteiger partial charge in [-0.1, -0.05) is 17.9 Å². The van der Waals surface area contributed by atoms with Crippen molar-refractivity contribution in [3.05, 3.63) is 65.4 Å². The summed E-state index contributed by atoms with van der Waals surface area (Å²) in [6.07, 6.45) is 1.43. The number of quaternary nitrogens is 1. The Labute approximate surface area is 150 Å². The molecule has 1 N–H and O–H groups in total. The summed E-state index contributed by atoms with van der Waals surface area (Å²) >= 11 is 0. The zero-order valence-corrected chi connectivity index (χ0v) is 14.5. The molecule has 1 unspecified atom stereocenters. The van der Waals surface area contributed by atoms with Crippen molar-refractivity contribution in [3.8, 4) is 0 Å². The maximum absolute atomic E-state index is 13.1. The van der Waals surface area contributed by atoms with E-state index in [-0.39, 0.29) is 11.1 Å². The number of benzene rings is 1. The van der Waals surface area contributed by atoms with Crippen LogP contribution in [0.2, 0.25) is 0 Å². The van der Waals surface area contributed by atoms with Crippen LogP contribution in [0.4, 0.5) is 4.39 Å². The first-order valence-corrected chi connectivity index (χ1v) is 8.25. The number of amides is 1. The van der Waals surface area contributed by atoms with Crippen molar-refractivity contribution in [1.29, 1.82) is 0 Å². The molecular weight excluding hydrogens is 339 g/mol. The van der Waals surface area contributed by atoms with E-state index in [4.69, 9.17) is 4.42 Å². The van der Waals surface area contributed by atoms with Crippen LogP contribution in [0.3, 0.4) is 0 Å². The fourth-order valence-electron chi connectivity index (χ4n) is 2.94. The van der Waals surface area contributed by atoms with Crippen molar-refractivity contribution >= 4 is 17.4 Å². The Morgan fingerprint density at radius 3 is 2.50 bits per heavy atom. The number of hydrogen-bond donors (Lipinski definition) is 1. The summed E-state index contributed by atoms with van der Waals surface area (Å²) in [4.78, 5) is 27.6. The second kappa shape index (κ2) is 7.13. The average molecular weight is 358 g/mol. The number of nitrogens with zero attached hydrogens (tertiary/aromatic N) is 1. The molecule has 1 atom stereocenters. The highest BCUT2D eigenvalue weighted by molar-refractivity contribution is 6.46. The molecule has 2 aromatic rings. The zero-order chi connectivity index (χ0) is 18.8. The molecule has 136 valence electrons. The van der Waals surface area contributed by atoms with E-state index < -0.39 is 29.3 Å². The second-order valence-electron chi connectivity index (χ2n) is 6.45. The van der Waals surface area contributed by atoms with E-state index in [1.807, 2.05) is 14.1 Å². The Balaban J connectivity index is 2.09. The molecule has 1 aromatic heterocycles. The number of nitrogens with one attached hydrogen (secondary N) is 1. The number of halogens is 1. The summed E-state index contributed by atoms with van der Waals surface area (Å²) < 4.78 is 18.5. The molecule has 1 aliphatic heterocycles. The van der Waals surface area contributed by atoms with Gasteiger partial charge in [0.15, 0.2) is 0 Å². The van der Waals surface area contributed by atoms with Crippen molar-refractivity contribution < 1.29 is 28.4 Å². The maximum atomic E-state index is 13.1. The Bertz CT molecular complexity index is 841. The lowest BCUT2D eigenvalue weighted by atomic mass is 9.99. The number of carbonyl (C=O) groups excluding carboxylic acids is 2. The van der Waals surface area contributed by atoms with Crippen LogP contribution >= 0.6 is 0 Å². The first-order valence-electron chi connectivity index (χ1n) is 8.25. The lowest BCUT2D eigenvalue weighted by Crippen LogP contribution is -3.06. The predicted molar refractivity (Wildman–Crippen MR) is 89.2 cm³/mol. The molecule has 1 amide bonds. The molecule has 1 saturated heterocycles. The van der Waals surface area contributed by atoms with Crippen LogP contribution in [0.15, 0.2) is 52.7 Å². The molecule has 0 radical (unpaired) electrons. The molecular formula is C19H19FN2O4. The highest BCUT2D eigenvalue weighted by atomic mass is 19.1. The average Bonchev–Trinajstić information content (AvgIpc) is 3.21. The Hall–Kier alpha value is -2.93. The van der Waals surface area contributed by atoms with E-state index in [0.29, 0.717) is 18.8 Å². The predicted octanol–water partition coefficient (Wildman–Crippen LogP) is -0.213. The molecule has 26 heavy (non-hydrogen) atoms. The van der Waals surface area contributed by atoms with Gasteiger partial charge in [0.05, 0.1) is 33.4 Å². The third-order valence-electron chi connectivity index (χ3n) is 4.30. The van der Waals surface area contributed by atoms with Crippen LogP contribution in [0.25, 0.3) is 5.76 Å². The van der Waals surface area contributed by atoms with Gasteiger partial charge >= 0.3 is 0 Å². The van der Waals surface area contributed by atoms with E-state index in [9.17, 15) is 19.1 Å². The quantitative estimate of drug-likeness (QED) is 0.456. The summed E-state index contributed by atoms with van der Waals surface area (Å²) in [5.74, 6) is -2.29. The van der Waals surface area contributed by atoms with Crippen LogP contribution in [0.5, 0.6) is 0 Å². The van der Waals surface area contributed by atoms with Gasteiger partial charge in [-0.3, -0.25) is 9.59 Å². The lowest BCUT2D eigenvalue weighted by molar-refractivity contribution is -0.857. The van der Waals surface area contributed by atoms with Crippen LogP contribution in [0, 0.1) is 5.82 Å². The lowest BCUT2D eigenvalue weighted by Gasteiger charge is -2.25. The number of hydrogen-bond acceptors (Lipinski definition) is 4. The molecule has 7 heteroatoms. The van der Waals surface area contributed by atoms with E-state index in [1.165, 1.54) is 23.3 Å². The summed E-state index contributed by atoms with van der Waals surface area (Å²) in [6.45, 7) is 0.909. The molecule has 0 bridgehead atoms. The van der Waals surface area contributed by atoms with Crippen LogP contribution in [-0.2, 0) is 9.59 Å². The Morgan fingerprint density at radius 2 is 1.92 bits per heavy atom. The molecule has 0 aliphatic carbocycles. The summed E-state index contributed by atoms with van der Waals surface area (Å²) in [5, 5.41) is 12.9. The van der Waals surface area contributed by atoms with Crippen molar-refractivity contribution in [2.45, 2.75) is 6.04 Å². The SMILES string of the molecule is C[NH+](C)CCN1C(=O)C(=O)/C(=C(/[O-])c2ccc(F)cc2)C1c1ccco1. The summed E-state index contributed by atoms with van der Waals surface area (Å²) in [7, 11) is 3.86. The van der Waals surface area contributed by atoms with Gasteiger partial charge in [0.1, 0.15) is 17.6 Å². The standard InChI is InChI=1S/C19H19FN2O4/c1-21(2)9-10-22-16(14-4-3-11-26-14)15(18(24)19(22)25)17(23)12-5-7-13(20)8-6-12/h3-8,11,16,23H,9-10H2,1-2H3/b17-15+. The fourth-order valence-corrected chi connectivity index (χ4v) is 2.94. The highest BCUT2D eigenvalue weighted by Crippen LogP contribution is 2.38. The molecule has 0 saturated carbocycles. The number of ketones is 1. The zero-order valence-electron chi connectivity index (χ0n) is 14.5. The summed E-state index contributed by atoms with van der Waals surface area (Å²) in [6, 6.07) is 7.28. The molecule has 2 heterocycles. The minimum Gasteiger partial charge on any atom is -0.872 e. The van der Waals surface area contributed by atoms with Crippen molar-refractivity contribution in [2.75, 3.05) is 27.2 Å². The fraction of sp³-hybridized carbons (Fsp3) is 0.263. The normalized spacial score (nSPS) is 19.5. The monoisotopic (exact) mass is 358 g/mol. The first kappa shape index (κ1) is 17.9. The molecule has 6 nitrogen and oxygen atoms in total. The van der Waals surface area contributed by atoms with Gasteiger partial charge in [0.25, 0.3) is 5.91 Å². The molecule has 1 fully saturated rings. The van der Waals surface area contributed by atoms with Crippen LogP contribution in [0.1, 0.15) is 17.4 Å². The second-order valence-corrected chi connectivity index (χ2v) is 6.45. The topological polar surface area (TPSA) is 78.0 Å². The third-order valence-corrected chi connectivity index (χ3v) is 4.30. The van der Waals surface area contributed by atoms with Gasteiger partial charge in [-0.25, -0.2) is 4.39 Å². The largest absolute Gasteiger partial charge is 0.872 e. The third kappa shape index (κ3) is 3.25. The van der Waals surface area contributed by atoms with Crippen molar-refractivity contribution in [3.63, 3.8) is 0 Å². The Kier molecular flexibility index (Phi) is 4.90. The van der Waals surface area contributed by atoms with Gasteiger partial charge in [-0.15, -0.1) is 0 Å². The van der Waals surface area contributed by atoms with E-state index in [1.54, 1.807) is 12.1 Å². The number of carbonyl (C=O) groups is 2. The maximum Gasteiger partial charge on any atom is 0.295 e. The molecule has 3 rings (SSSR count). The van der Waals surface area contributed by atoms with Gasteiger partial charge in [-0.2, -0.15) is 0 Å². The minimum atomic E-state index is -0.873.